The maximum Gasteiger partial charge on any atom is 0.245 e. The molecule has 2 heterocycles. The normalized spacial score (nSPS) is 19.3. The first-order valence-corrected chi connectivity index (χ1v) is 6.86. The standard InChI is InChI=1S/C12H15BrFN3O2/c1-2-15-12(18)10-7-19-4-3-17(10)11-9(14)5-8(13)6-16-11/h5-6,10H,2-4,7H2,1H3,(H,15,18). The Balaban J connectivity index is 2.26. The fraction of sp³-hybridized carbons (Fsp3) is 0.500. The third-order valence-corrected chi connectivity index (χ3v) is 3.28. The number of carbonyl (C=O) groups excluding carboxylic acids is 1. The smallest absolute Gasteiger partial charge is 0.245 e. The molecule has 1 aliphatic heterocycles. The van der Waals surface area contributed by atoms with Crippen LogP contribution in [0.2, 0.25) is 0 Å². The molecule has 0 aliphatic carbocycles. The van der Waals surface area contributed by atoms with E-state index in [1.807, 2.05) is 6.92 Å². The van der Waals surface area contributed by atoms with Crippen LogP contribution in [-0.4, -0.2) is 43.2 Å². The van der Waals surface area contributed by atoms with Crippen LogP contribution in [-0.2, 0) is 9.53 Å². The van der Waals surface area contributed by atoms with E-state index in [1.165, 1.54) is 12.3 Å². The second kappa shape index (κ2) is 6.29. The minimum atomic E-state index is -0.545. The Morgan fingerprint density at radius 3 is 3.21 bits per heavy atom. The first kappa shape index (κ1) is 14.2. The fourth-order valence-corrected chi connectivity index (χ4v) is 2.29. The van der Waals surface area contributed by atoms with Crippen LogP contribution < -0.4 is 10.2 Å². The van der Waals surface area contributed by atoms with Crippen LogP contribution in [0.4, 0.5) is 10.2 Å². The van der Waals surface area contributed by atoms with Gasteiger partial charge in [-0.2, -0.15) is 0 Å². The lowest BCUT2D eigenvalue weighted by atomic mass is 10.2. The third-order valence-electron chi connectivity index (χ3n) is 2.84. The lowest BCUT2D eigenvalue weighted by molar-refractivity contribution is -0.124. The van der Waals surface area contributed by atoms with E-state index in [0.29, 0.717) is 24.2 Å². The summed E-state index contributed by atoms with van der Waals surface area (Å²) < 4.78 is 19.8. The van der Waals surface area contributed by atoms with Crippen molar-refractivity contribution >= 4 is 27.7 Å². The summed E-state index contributed by atoms with van der Waals surface area (Å²) in [6.45, 7) is 3.49. The van der Waals surface area contributed by atoms with E-state index in [9.17, 15) is 9.18 Å². The predicted octanol–water partition coefficient (Wildman–Crippen LogP) is 1.32. The number of halogens is 2. The summed E-state index contributed by atoms with van der Waals surface area (Å²) >= 11 is 3.16. The minimum Gasteiger partial charge on any atom is -0.377 e. The van der Waals surface area contributed by atoms with E-state index in [0.717, 1.165) is 0 Å². The van der Waals surface area contributed by atoms with E-state index >= 15 is 0 Å². The van der Waals surface area contributed by atoms with Crippen molar-refractivity contribution in [3.8, 4) is 0 Å². The second-order valence-corrected chi connectivity index (χ2v) is 5.05. The van der Waals surface area contributed by atoms with Crippen LogP contribution >= 0.6 is 15.9 Å². The molecule has 1 amide bonds. The third kappa shape index (κ3) is 3.22. The number of hydrogen-bond acceptors (Lipinski definition) is 4. The topological polar surface area (TPSA) is 54.5 Å². The largest absolute Gasteiger partial charge is 0.377 e. The molecule has 2 rings (SSSR count). The van der Waals surface area contributed by atoms with Crippen molar-refractivity contribution in [2.24, 2.45) is 0 Å². The number of nitrogens with one attached hydrogen (secondary N) is 1. The molecule has 7 heteroatoms. The summed E-state index contributed by atoms with van der Waals surface area (Å²) in [5.41, 5.74) is 0. The molecule has 0 spiro atoms. The number of hydrogen-bond donors (Lipinski definition) is 1. The number of amides is 1. The molecule has 1 N–H and O–H groups in total. The summed E-state index contributed by atoms with van der Waals surface area (Å²) in [6, 6.07) is 0.795. The molecule has 0 saturated carbocycles. The van der Waals surface area contributed by atoms with Gasteiger partial charge in [-0.25, -0.2) is 9.37 Å². The monoisotopic (exact) mass is 331 g/mol. The van der Waals surface area contributed by atoms with Gasteiger partial charge in [-0.05, 0) is 28.9 Å². The Bertz CT molecular complexity index is 472. The zero-order valence-corrected chi connectivity index (χ0v) is 12.1. The first-order chi connectivity index (χ1) is 9.13. The molecule has 0 radical (unpaired) electrons. The average molecular weight is 332 g/mol. The van der Waals surface area contributed by atoms with Gasteiger partial charge in [0.1, 0.15) is 6.04 Å². The number of likely N-dealkylation sites (N-methyl/N-ethyl adjacent to an activating group) is 1. The minimum absolute atomic E-state index is 0.175. The van der Waals surface area contributed by atoms with Crippen molar-refractivity contribution in [3.05, 3.63) is 22.6 Å². The van der Waals surface area contributed by atoms with Gasteiger partial charge in [0.05, 0.1) is 13.2 Å². The van der Waals surface area contributed by atoms with Crippen molar-refractivity contribution in [2.75, 3.05) is 31.2 Å². The maximum absolute atomic E-state index is 14.0. The fourth-order valence-electron chi connectivity index (χ4n) is 1.99. The Morgan fingerprint density at radius 2 is 2.53 bits per heavy atom. The maximum atomic E-state index is 14.0. The predicted molar refractivity (Wildman–Crippen MR) is 72.5 cm³/mol. The van der Waals surface area contributed by atoms with Crippen molar-refractivity contribution in [1.29, 1.82) is 0 Å². The number of nitrogens with zero attached hydrogens (tertiary/aromatic N) is 2. The van der Waals surface area contributed by atoms with Gasteiger partial charge < -0.3 is 15.0 Å². The SMILES string of the molecule is CCNC(=O)C1COCCN1c1ncc(Br)cc1F. The van der Waals surface area contributed by atoms with Crippen LogP contribution in [0, 0.1) is 5.82 Å². The molecule has 1 atom stereocenters. The summed E-state index contributed by atoms with van der Waals surface area (Å²) in [4.78, 5) is 17.7. The summed E-state index contributed by atoms with van der Waals surface area (Å²) in [5.74, 6) is -0.445. The van der Waals surface area contributed by atoms with Gasteiger partial charge in [0.15, 0.2) is 11.6 Å². The van der Waals surface area contributed by atoms with Crippen molar-refractivity contribution in [3.63, 3.8) is 0 Å². The highest BCUT2D eigenvalue weighted by molar-refractivity contribution is 9.10. The van der Waals surface area contributed by atoms with E-state index in [1.54, 1.807) is 4.90 Å². The molecule has 1 aromatic rings. The van der Waals surface area contributed by atoms with Gasteiger partial charge in [0.25, 0.3) is 0 Å². The Kier molecular flexibility index (Phi) is 4.71. The van der Waals surface area contributed by atoms with Gasteiger partial charge in [-0.15, -0.1) is 0 Å². The summed E-state index contributed by atoms with van der Waals surface area (Å²) in [6.07, 6.45) is 1.52. The Hall–Kier alpha value is -1.21. The van der Waals surface area contributed by atoms with E-state index in [2.05, 4.69) is 26.2 Å². The number of aromatic nitrogens is 1. The van der Waals surface area contributed by atoms with Crippen LogP contribution in [0.15, 0.2) is 16.7 Å². The van der Waals surface area contributed by atoms with E-state index < -0.39 is 11.9 Å². The number of pyridine rings is 1. The van der Waals surface area contributed by atoms with Gasteiger partial charge in [0.2, 0.25) is 5.91 Å². The molecule has 1 fully saturated rings. The number of rotatable bonds is 3. The molecule has 1 saturated heterocycles. The lowest BCUT2D eigenvalue weighted by Gasteiger charge is -2.35. The Labute approximate surface area is 119 Å². The van der Waals surface area contributed by atoms with Gasteiger partial charge in [-0.3, -0.25) is 4.79 Å². The van der Waals surface area contributed by atoms with Crippen LogP contribution in [0.3, 0.4) is 0 Å². The summed E-state index contributed by atoms with van der Waals surface area (Å²) in [7, 11) is 0. The molecular formula is C12H15BrFN3O2. The highest BCUT2D eigenvalue weighted by Gasteiger charge is 2.31. The van der Waals surface area contributed by atoms with Crippen LogP contribution in [0.25, 0.3) is 0 Å². The zero-order chi connectivity index (χ0) is 13.8. The first-order valence-electron chi connectivity index (χ1n) is 6.06. The molecule has 1 unspecified atom stereocenters. The molecule has 1 aliphatic rings. The van der Waals surface area contributed by atoms with E-state index in [4.69, 9.17) is 4.74 Å². The van der Waals surface area contributed by atoms with Crippen molar-refractivity contribution < 1.29 is 13.9 Å². The molecule has 0 bridgehead atoms. The number of ether oxygens (including phenoxy) is 1. The molecule has 0 aromatic carbocycles. The van der Waals surface area contributed by atoms with Gasteiger partial charge in [-0.1, -0.05) is 0 Å². The Morgan fingerprint density at radius 1 is 1.74 bits per heavy atom. The van der Waals surface area contributed by atoms with Crippen molar-refractivity contribution in [1.82, 2.24) is 10.3 Å². The van der Waals surface area contributed by atoms with Crippen molar-refractivity contribution in [2.45, 2.75) is 13.0 Å². The highest BCUT2D eigenvalue weighted by atomic mass is 79.9. The average Bonchev–Trinajstić information content (AvgIpc) is 2.39. The molecule has 1 aromatic heterocycles. The molecule has 5 nitrogen and oxygen atoms in total. The lowest BCUT2D eigenvalue weighted by Crippen LogP contribution is -2.54. The molecule has 104 valence electrons. The number of carbonyl (C=O) groups is 1. The highest BCUT2D eigenvalue weighted by Crippen LogP contribution is 2.23. The zero-order valence-electron chi connectivity index (χ0n) is 10.5. The van der Waals surface area contributed by atoms with E-state index in [-0.39, 0.29) is 18.3 Å². The van der Waals surface area contributed by atoms with Crippen LogP contribution in [0.5, 0.6) is 0 Å². The number of morpholine rings is 1. The van der Waals surface area contributed by atoms with Gasteiger partial charge >= 0.3 is 0 Å². The molecule has 19 heavy (non-hydrogen) atoms. The van der Waals surface area contributed by atoms with Gasteiger partial charge in [0, 0.05) is 23.8 Å². The van der Waals surface area contributed by atoms with Crippen LogP contribution in [0.1, 0.15) is 6.92 Å². The number of anilines is 1. The summed E-state index contributed by atoms with van der Waals surface area (Å²) in [5, 5.41) is 2.73. The molecular weight excluding hydrogens is 317 g/mol. The quantitative estimate of drug-likeness (QED) is 0.907. The second-order valence-electron chi connectivity index (χ2n) is 4.14.